The highest BCUT2D eigenvalue weighted by molar-refractivity contribution is 5.80. The van der Waals surface area contributed by atoms with Gasteiger partial charge < -0.3 is 4.74 Å². The van der Waals surface area contributed by atoms with Gasteiger partial charge in [0.2, 0.25) is 0 Å². The van der Waals surface area contributed by atoms with E-state index < -0.39 is 5.82 Å². The van der Waals surface area contributed by atoms with Crippen LogP contribution in [0, 0.1) is 5.82 Å². The van der Waals surface area contributed by atoms with Gasteiger partial charge >= 0.3 is 0 Å². The van der Waals surface area contributed by atoms with Crippen molar-refractivity contribution in [3.63, 3.8) is 0 Å². The second-order valence-electron chi connectivity index (χ2n) is 2.98. The van der Waals surface area contributed by atoms with E-state index in [-0.39, 0.29) is 5.75 Å². The second-order valence-corrected chi connectivity index (χ2v) is 2.98. The third-order valence-corrected chi connectivity index (χ3v) is 1.92. The van der Waals surface area contributed by atoms with E-state index in [1.165, 1.54) is 30.5 Å². The van der Waals surface area contributed by atoms with Crippen molar-refractivity contribution in [2.75, 3.05) is 7.11 Å². The van der Waals surface area contributed by atoms with E-state index in [4.69, 9.17) is 4.74 Å². The molecular formula is C10H9FN4O. The lowest BCUT2D eigenvalue weighted by molar-refractivity contribution is 0.386. The number of rotatable bonds is 3. The molecule has 2 rings (SSSR count). The fourth-order valence-corrected chi connectivity index (χ4v) is 1.14. The molecule has 1 heterocycles. The van der Waals surface area contributed by atoms with E-state index in [0.717, 1.165) is 5.56 Å². The summed E-state index contributed by atoms with van der Waals surface area (Å²) in [6.45, 7) is 0. The highest BCUT2D eigenvalue weighted by Gasteiger charge is 2.01. The molecule has 0 aliphatic rings. The highest BCUT2D eigenvalue weighted by Crippen LogP contribution is 2.16. The third kappa shape index (κ3) is 2.22. The van der Waals surface area contributed by atoms with Crippen LogP contribution in [0.5, 0.6) is 5.75 Å². The molecule has 82 valence electrons. The van der Waals surface area contributed by atoms with Gasteiger partial charge in [0.1, 0.15) is 12.7 Å². The van der Waals surface area contributed by atoms with Gasteiger partial charge in [-0.15, -0.1) is 10.2 Å². The summed E-state index contributed by atoms with van der Waals surface area (Å²) in [5, 5.41) is 11.2. The van der Waals surface area contributed by atoms with Gasteiger partial charge in [0.15, 0.2) is 11.6 Å². The maximum Gasteiger partial charge on any atom is 0.165 e. The zero-order valence-corrected chi connectivity index (χ0v) is 8.54. The number of ether oxygens (including phenoxy) is 1. The Morgan fingerprint density at radius 3 is 2.81 bits per heavy atom. The van der Waals surface area contributed by atoms with Gasteiger partial charge in [-0.3, -0.25) is 0 Å². The number of hydrogen-bond acceptors (Lipinski definition) is 4. The minimum absolute atomic E-state index is 0.188. The fraction of sp³-hybridized carbons (Fsp3) is 0.100. The predicted octanol–water partition coefficient (Wildman–Crippen LogP) is 1.31. The van der Waals surface area contributed by atoms with Crippen LogP contribution in [-0.4, -0.2) is 28.2 Å². The molecule has 0 saturated carbocycles. The fourth-order valence-electron chi connectivity index (χ4n) is 1.14. The number of aromatic nitrogens is 3. The summed E-state index contributed by atoms with van der Waals surface area (Å²) < 4.78 is 19.4. The molecule has 5 nitrogen and oxygen atoms in total. The van der Waals surface area contributed by atoms with Crippen LogP contribution in [0.2, 0.25) is 0 Å². The first kappa shape index (κ1) is 10.3. The molecule has 16 heavy (non-hydrogen) atoms. The summed E-state index contributed by atoms with van der Waals surface area (Å²) in [5.41, 5.74) is 0.729. The number of methoxy groups -OCH3 is 1. The van der Waals surface area contributed by atoms with E-state index >= 15 is 0 Å². The molecule has 0 aliphatic heterocycles. The SMILES string of the molecule is COc1cc(/C=N/n2cnnc2)ccc1F. The first-order valence-corrected chi connectivity index (χ1v) is 4.52. The van der Waals surface area contributed by atoms with Crippen molar-refractivity contribution < 1.29 is 9.13 Å². The average Bonchev–Trinajstić information content (AvgIpc) is 2.81. The lowest BCUT2D eigenvalue weighted by Crippen LogP contribution is -1.92. The monoisotopic (exact) mass is 220 g/mol. The molecule has 0 radical (unpaired) electrons. The molecule has 0 bridgehead atoms. The standard InChI is InChI=1S/C10H9FN4O/c1-16-10-4-8(2-3-9(10)11)5-14-15-6-12-13-7-15/h2-7H,1H3/b14-5+. The number of hydrogen-bond donors (Lipinski definition) is 0. The quantitative estimate of drug-likeness (QED) is 0.733. The summed E-state index contributed by atoms with van der Waals surface area (Å²) in [7, 11) is 1.42. The molecule has 0 amide bonds. The zero-order chi connectivity index (χ0) is 11.4. The van der Waals surface area contributed by atoms with E-state index in [1.807, 2.05) is 0 Å². The van der Waals surface area contributed by atoms with Gasteiger partial charge in [0.25, 0.3) is 0 Å². The van der Waals surface area contributed by atoms with E-state index in [2.05, 4.69) is 15.3 Å². The van der Waals surface area contributed by atoms with Crippen LogP contribution in [0.15, 0.2) is 36.0 Å². The van der Waals surface area contributed by atoms with Crippen LogP contribution in [0.3, 0.4) is 0 Å². The van der Waals surface area contributed by atoms with E-state index in [9.17, 15) is 4.39 Å². The van der Waals surface area contributed by atoms with Crippen molar-refractivity contribution in [3.8, 4) is 5.75 Å². The summed E-state index contributed by atoms with van der Waals surface area (Å²) in [5.74, 6) is -0.211. The zero-order valence-electron chi connectivity index (χ0n) is 8.54. The first-order valence-electron chi connectivity index (χ1n) is 4.52. The Kier molecular flexibility index (Phi) is 2.90. The van der Waals surface area contributed by atoms with Crippen LogP contribution in [0.1, 0.15) is 5.56 Å². The Labute approximate surface area is 91.2 Å². The third-order valence-electron chi connectivity index (χ3n) is 1.92. The van der Waals surface area contributed by atoms with Gasteiger partial charge in [0, 0.05) is 0 Å². The van der Waals surface area contributed by atoms with Gasteiger partial charge in [-0.25, -0.2) is 9.07 Å². The Balaban J connectivity index is 2.22. The average molecular weight is 220 g/mol. The minimum atomic E-state index is -0.399. The molecule has 0 spiro atoms. The summed E-state index contributed by atoms with van der Waals surface area (Å²) in [6.07, 6.45) is 4.47. The van der Waals surface area contributed by atoms with Crippen LogP contribution < -0.4 is 4.74 Å². The van der Waals surface area contributed by atoms with E-state index in [1.54, 1.807) is 18.3 Å². The smallest absolute Gasteiger partial charge is 0.165 e. The van der Waals surface area contributed by atoms with Crippen molar-refractivity contribution in [3.05, 3.63) is 42.2 Å². The molecule has 1 aromatic heterocycles. The highest BCUT2D eigenvalue weighted by atomic mass is 19.1. The molecule has 0 saturated heterocycles. The van der Waals surface area contributed by atoms with E-state index in [0.29, 0.717) is 0 Å². The molecular weight excluding hydrogens is 211 g/mol. The molecule has 2 aromatic rings. The maximum atomic E-state index is 13.1. The summed E-state index contributed by atoms with van der Waals surface area (Å²) in [4.78, 5) is 0. The molecule has 0 atom stereocenters. The predicted molar refractivity (Wildman–Crippen MR) is 56.0 cm³/mol. The largest absolute Gasteiger partial charge is 0.494 e. The topological polar surface area (TPSA) is 52.3 Å². The van der Waals surface area contributed by atoms with Gasteiger partial charge in [-0.2, -0.15) is 5.10 Å². The lowest BCUT2D eigenvalue weighted by Gasteiger charge is -2.01. The summed E-state index contributed by atoms with van der Waals surface area (Å²) >= 11 is 0. The van der Waals surface area contributed by atoms with Gasteiger partial charge in [-0.05, 0) is 17.7 Å². The van der Waals surface area contributed by atoms with Gasteiger partial charge in [0.05, 0.1) is 13.3 Å². The second kappa shape index (κ2) is 4.52. The lowest BCUT2D eigenvalue weighted by atomic mass is 10.2. The molecule has 6 heteroatoms. The number of halogens is 1. The maximum absolute atomic E-state index is 13.1. The molecule has 0 unspecified atom stereocenters. The normalized spacial score (nSPS) is 10.9. The Hall–Kier alpha value is -2.24. The van der Waals surface area contributed by atoms with Crippen molar-refractivity contribution >= 4 is 6.21 Å². The molecule has 0 N–H and O–H groups in total. The molecule has 0 aliphatic carbocycles. The minimum Gasteiger partial charge on any atom is -0.494 e. The molecule has 1 aromatic carbocycles. The Bertz CT molecular complexity index is 496. The van der Waals surface area contributed by atoms with Crippen molar-refractivity contribution in [1.29, 1.82) is 0 Å². The van der Waals surface area contributed by atoms with Crippen molar-refractivity contribution in [2.24, 2.45) is 5.10 Å². The first-order chi connectivity index (χ1) is 7.79. The van der Waals surface area contributed by atoms with Crippen LogP contribution in [0.4, 0.5) is 4.39 Å². The Morgan fingerprint density at radius 1 is 1.38 bits per heavy atom. The Morgan fingerprint density at radius 2 is 2.12 bits per heavy atom. The van der Waals surface area contributed by atoms with Crippen LogP contribution in [-0.2, 0) is 0 Å². The summed E-state index contributed by atoms with van der Waals surface area (Å²) in [6, 6.07) is 4.49. The number of benzene rings is 1. The molecule has 0 fully saturated rings. The van der Waals surface area contributed by atoms with Crippen molar-refractivity contribution in [1.82, 2.24) is 14.9 Å². The van der Waals surface area contributed by atoms with Crippen LogP contribution in [0.25, 0.3) is 0 Å². The van der Waals surface area contributed by atoms with Crippen molar-refractivity contribution in [2.45, 2.75) is 0 Å². The number of nitrogens with zero attached hydrogens (tertiary/aromatic N) is 4. The van der Waals surface area contributed by atoms with Gasteiger partial charge in [-0.1, -0.05) is 6.07 Å². The van der Waals surface area contributed by atoms with Crippen LogP contribution >= 0.6 is 0 Å².